The smallest absolute Gasteiger partial charge is 0.262 e. The molecule has 0 aliphatic carbocycles. The lowest BCUT2D eigenvalue weighted by Crippen LogP contribution is -2.27. The fourth-order valence-electron chi connectivity index (χ4n) is 3.07. The normalized spacial score (nSPS) is 10.9. The minimum atomic E-state index is -0.133. The third-order valence-corrected chi connectivity index (χ3v) is 5.58. The standard InChI is InChI=1S/C22H20N4O2S/c1-15-5-7-16(8-6-15)18-13-29-21-20(18)22(28)26(14-25-21)11-9-19(27)24-12-17-4-2-3-10-23-17/h2-8,10,13-14H,9,11-12H2,1H3,(H,24,27). The van der Waals surface area contributed by atoms with Crippen molar-refractivity contribution < 1.29 is 4.79 Å². The highest BCUT2D eigenvalue weighted by atomic mass is 32.1. The van der Waals surface area contributed by atoms with E-state index in [0.29, 0.717) is 16.8 Å². The Kier molecular flexibility index (Phi) is 5.48. The van der Waals surface area contributed by atoms with Crippen LogP contribution >= 0.6 is 11.3 Å². The van der Waals surface area contributed by atoms with Gasteiger partial charge in [-0.2, -0.15) is 0 Å². The molecule has 0 aliphatic heterocycles. The van der Waals surface area contributed by atoms with Gasteiger partial charge in [-0.15, -0.1) is 11.3 Å². The molecule has 1 amide bonds. The van der Waals surface area contributed by atoms with Gasteiger partial charge < -0.3 is 5.32 Å². The van der Waals surface area contributed by atoms with Crippen molar-refractivity contribution in [3.8, 4) is 11.1 Å². The van der Waals surface area contributed by atoms with E-state index in [2.05, 4.69) is 15.3 Å². The number of aromatic nitrogens is 3. The lowest BCUT2D eigenvalue weighted by atomic mass is 10.1. The zero-order valence-electron chi connectivity index (χ0n) is 16.0. The summed E-state index contributed by atoms with van der Waals surface area (Å²) in [6.07, 6.45) is 3.41. The average molecular weight is 404 g/mol. The number of fused-ring (bicyclic) bond motifs is 1. The van der Waals surface area contributed by atoms with Gasteiger partial charge in [-0.3, -0.25) is 19.1 Å². The second kappa shape index (κ2) is 8.36. The molecule has 1 aromatic carbocycles. The Bertz CT molecular complexity index is 1200. The molecule has 0 saturated heterocycles. The molecule has 0 fully saturated rings. The molecule has 0 radical (unpaired) electrons. The van der Waals surface area contributed by atoms with Gasteiger partial charge in [-0.05, 0) is 24.6 Å². The van der Waals surface area contributed by atoms with Crippen molar-refractivity contribution in [2.75, 3.05) is 0 Å². The number of aryl methyl sites for hydroxylation is 2. The second-order valence-corrected chi connectivity index (χ2v) is 7.64. The van der Waals surface area contributed by atoms with Crippen molar-refractivity contribution >= 4 is 27.5 Å². The SMILES string of the molecule is Cc1ccc(-c2csc3ncn(CCC(=O)NCc4ccccn4)c(=O)c23)cc1. The van der Waals surface area contributed by atoms with E-state index in [1.165, 1.54) is 27.8 Å². The number of carbonyl (C=O) groups excluding carboxylic acids is 1. The second-order valence-electron chi connectivity index (χ2n) is 6.79. The maximum Gasteiger partial charge on any atom is 0.262 e. The van der Waals surface area contributed by atoms with E-state index in [0.717, 1.165) is 16.8 Å². The molecule has 4 aromatic rings. The van der Waals surface area contributed by atoms with Gasteiger partial charge >= 0.3 is 0 Å². The fraction of sp³-hybridized carbons (Fsp3) is 0.182. The maximum atomic E-state index is 13.0. The predicted octanol–water partition coefficient (Wildman–Crippen LogP) is 3.53. The molecule has 146 valence electrons. The molecule has 6 nitrogen and oxygen atoms in total. The van der Waals surface area contributed by atoms with E-state index >= 15 is 0 Å². The van der Waals surface area contributed by atoms with Crippen molar-refractivity contribution in [3.63, 3.8) is 0 Å². The topological polar surface area (TPSA) is 76.9 Å². The van der Waals surface area contributed by atoms with Crippen LogP contribution in [0.25, 0.3) is 21.3 Å². The average Bonchev–Trinajstić information content (AvgIpc) is 3.18. The highest BCUT2D eigenvalue weighted by Gasteiger charge is 2.14. The Labute approximate surface area is 171 Å². The first-order chi connectivity index (χ1) is 14.1. The molecule has 1 N–H and O–H groups in total. The summed E-state index contributed by atoms with van der Waals surface area (Å²) < 4.78 is 1.51. The molecule has 7 heteroatoms. The largest absolute Gasteiger partial charge is 0.350 e. The van der Waals surface area contributed by atoms with Gasteiger partial charge in [0.2, 0.25) is 5.91 Å². The molecule has 3 heterocycles. The third-order valence-electron chi connectivity index (χ3n) is 4.70. The molecule has 3 aromatic heterocycles. The van der Waals surface area contributed by atoms with Crippen molar-refractivity contribution in [1.82, 2.24) is 19.9 Å². The van der Waals surface area contributed by atoms with E-state index in [1.807, 2.05) is 54.8 Å². The minimum Gasteiger partial charge on any atom is -0.350 e. The number of hydrogen-bond acceptors (Lipinski definition) is 5. The first-order valence-electron chi connectivity index (χ1n) is 9.32. The monoisotopic (exact) mass is 404 g/mol. The number of nitrogens with one attached hydrogen (secondary N) is 1. The number of pyridine rings is 1. The molecule has 0 atom stereocenters. The molecule has 0 aliphatic rings. The predicted molar refractivity (Wildman–Crippen MR) is 115 cm³/mol. The molecule has 0 saturated carbocycles. The van der Waals surface area contributed by atoms with E-state index in [4.69, 9.17) is 0 Å². The van der Waals surface area contributed by atoms with Crippen LogP contribution in [0, 0.1) is 6.92 Å². The van der Waals surface area contributed by atoms with E-state index in [9.17, 15) is 9.59 Å². The Hall–Kier alpha value is -3.32. The Morgan fingerprint density at radius 2 is 1.97 bits per heavy atom. The lowest BCUT2D eigenvalue weighted by Gasteiger charge is -2.07. The quantitative estimate of drug-likeness (QED) is 0.533. The van der Waals surface area contributed by atoms with Crippen LogP contribution in [0.1, 0.15) is 17.7 Å². The fourth-order valence-corrected chi connectivity index (χ4v) is 3.98. The number of carbonyl (C=O) groups is 1. The van der Waals surface area contributed by atoms with Crippen LogP contribution in [-0.4, -0.2) is 20.4 Å². The van der Waals surface area contributed by atoms with Gasteiger partial charge in [-0.25, -0.2) is 4.98 Å². The summed E-state index contributed by atoms with van der Waals surface area (Å²) in [4.78, 5) is 34.5. The Morgan fingerprint density at radius 1 is 1.14 bits per heavy atom. The summed E-state index contributed by atoms with van der Waals surface area (Å²) in [7, 11) is 0. The number of hydrogen-bond donors (Lipinski definition) is 1. The van der Waals surface area contributed by atoms with Gasteiger partial charge in [-0.1, -0.05) is 35.9 Å². The zero-order valence-corrected chi connectivity index (χ0v) is 16.8. The van der Waals surface area contributed by atoms with Gasteiger partial charge in [0.1, 0.15) is 4.83 Å². The van der Waals surface area contributed by atoms with E-state index in [1.54, 1.807) is 6.20 Å². The van der Waals surface area contributed by atoms with Gasteiger partial charge in [0.25, 0.3) is 5.56 Å². The summed E-state index contributed by atoms with van der Waals surface area (Å²) in [6.45, 7) is 2.68. The van der Waals surface area contributed by atoms with Crippen molar-refractivity contribution in [1.29, 1.82) is 0 Å². The highest BCUT2D eigenvalue weighted by molar-refractivity contribution is 7.17. The summed E-state index contributed by atoms with van der Waals surface area (Å²) in [5.74, 6) is -0.133. The number of amides is 1. The van der Waals surface area contributed by atoms with Gasteiger partial charge in [0.05, 0.1) is 24.0 Å². The first-order valence-corrected chi connectivity index (χ1v) is 10.2. The van der Waals surface area contributed by atoms with Crippen LogP contribution in [0.3, 0.4) is 0 Å². The Morgan fingerprint density at radius 3 is 2.72 bits per heavy atom. The zero-order chi connectivity index (χ0) is 20.2. The summed E-state index contributed by atoms with van der Waals surface area (Å²) in [5.41, 5.74) is 3.72. The van der Waals surface area contributed by atoms with Crippen LogP contribution < -0.4 is 10.9 Å². The molecule has 0 spiro atoms. The van der Waals surface area contributed by atoms with Gasteiger partial charge in [0, 0.05) is 30.1 Å². The molecule has 0 bridgehead atoms. The summed E-state index contributed by atoms with van der Waals surface area (Å²) >= 11 is 1.46. The van der Waals surface area contributed by atoms with Crippen LogP contribution in [0.15, 0.2) is 65.2 Å². The number of rotatable bonds is 6. The van der Waals surface area contributed by atoms with Crippen LogP contribution in [0.5, 0.6) is 0 Å². The molecule has 29 heavy (non-hydrogen) atoms. The number of thiophene rings is 1. The van der Waals surface area contributed by atoms with E-state index in [-0.39, 0.29) is 24.4 Å². The lowest BCUT2D eigenvalue weighted by molar-refractivity contribution is -0.121. The summed E-state index contributed by atoms with van der Waals surface area (Å²) in [5, 5.41) is 5.40. The molecular weight excluding hydrogens is 384 g/mol. The van der Waals surface area contributed by atoms with Crippen LogP contribution in [0.2, 0.25) is 0 Å². The van der Waals surface area contributed by atoms with E-state index < -0.39 is 0 Å². The molecule has 4 rings (SSSR count). The first kappa shape index (κ1) is 19.0. The van der Waals surface area contributed by atoms with Crippen LogP contribution in [-0.2, 0) is 17.9 Å². The van der Waals surface area contributed by atoms with Crippen molar-refractivity contribution in [3.05, 3.63) is 82.0 Å². The molecule has 0 unspecified atom stereocenters. The highest BCUT2D eigenvalue weighted by Crippen LogP contribution is 2.30. The van der Waals surface area contributed by atoms with Gasteiger partial charge in [0.15, 0.2) is 0 Å². The van der Waals surface area contributed by atoms with Crippen molar-refractivity contribution in [2.24, 2.45) is 0 Å². The minimum absolute atomic E-state index is 0.121. The van der Waals surface area contributed by atoms with Crippen molar-refractivity contribution in [2.45, 2.75) is 26.4 Å². The third kappa shape index (κ3) is 4.25. The number of nitrogens with zero attached hydrogens (tertiary/aromatic N) is 3. The number of benzene rings is 1. The Balaban J connectivity index is 1.50. The summed E-state index contributed by atoms with van der Waals surface area (Å²) in [6, 6.07) is 13.6. The maximum absolute atomic E-state index is 13.0. The molecular formula is C22H20N4O2S. The van der Waals surface area contributed by atoms with Crippen LogP contribution in [0.4, 0.5) is 0 Å².